The SMILES string of the molecule is C#CC1CCCN(c2nc(C(=O)O)cs2)C1. The third kappa shape index (κ3) is 2.17. The first-order valence-electron chi connectivity index (χ1n) is 5.10. The second kappa shape index (κ2) is 4.54. The summed E-state index contributed by atoms with van der Waals surface area (Å²) in [7, 11) is 0. The summed E-state index contributed by atoms with van der Waals surface area (Å²) < 4.78 is 0. The summed E-state index contributed by atoms with van der Waals surface area (Å²) in [6.07, 6.45) is 7.49. The number of carbonyl (C=O) groups is 1. The van der Waals surface area contributed by atoms with E-state index in [1.54, 1.807) is 5.38 Å². The number of hydrogen-bond acceptors (Lipinski definition) is 4. The number of rotatable bonds is 2. The van der Waals surface area contributed by atoms with E-state index < -0.39 is 5.97 Å². The van der Waals surface area contributed by atoms with Gasteiger partial charge in [-0.2, -0.15) is 0 Å². The number of carboxylic acid groups (broad SMARTS) is 1. The smallest absolute Gasteiger partial charge is 0.355 e. The molecule has 16 heavy (non-hydrogen) atoms. The molecule has 1 saturated heterocycles. The van der Waals surface area contributed by atoms with Crippen molar-refractivity contribution >= 4 is 22.4 Å². The zero-order chi connectivity index (χ0) is 11.5. The van der Waals surface area contributed by atoms with Crippen molar-refractivity contribution in [2.75, 3.05) is 18.0 Å². The molecular formula is C11H12N2O2S. The molecule has 1 atom stereocenters. The second-order valence-corrected chi connectivity index (χ2v) is 4.61. The fourth-order valence-corrected chi connectivity index (χ4v) is 2.63. The first kappa shape index (κ1) is 11.0. The average Bonchev–Trinajstić information content (AvgIpc) is 2.78. The molecule has 0 saturated carbocycles. The summed E-state index contributed by atoms with van der Waals surface area (Å²) >= 11 is 1.36. The van der Waals surface area contributed by atoms with E-state index in [9.17, 15) is 4.79 Å². The summed E-state index contributed by atoms with van der Waals surface area (Å²) in [5.74, 6) is 2.03. The van der Waals surface area contributed by atoms with Gasteiger partial charge in [0.2, 0.25) is 0 Å². The molecular weight excluding hydrogens is 224 g/mol. The van der Waals surface area contributed by atoms with Crippen molar-refractivity contribution in [1.82, 2.24) is 4.98 Å². The molecule has 2 heterocycles. The van der Waals surface area contributed by atoms with E-state index in [1.165, 1.54) is 11.3 Å². The predicted molar refractivity (Wildman–Crippen MR) is 62.8 cm³/mol. The molecule has 0 radical (unpaired) electrons. The maximum atomic E-state index is 10.7. The molecule has 0 amide bonds. The molecule has 1 aliphatic rings. The van der Waals surface area contributed by atoms with Crippen LogP contribution in [0.25, 0.3) is 0 Å². The number of hydrogen-bond donors (Lipinski definition) is 1. The third-order valence-corrected chi connectivity index (χ3v) is 3.54. The lowest BCUT2D eigenvalue weighted by molar-refractivity contribution is 0.0691. The molecule has 1 fully saturated rings. The first-order valence-corrected chi connectivity index (χ1v) is 5.98. The zero-order valence-corrected chi connectivity index (χ0v) is 9.54. The summed E-state index contributed by atoms with van der Waals surface area (Å²) in [5.41, 5.74) is 0.114. The normalized spacial score (nSPS) is 20.4. The Morgan fingerprint density at radius 1 is 1.75 bits per heavy atom. The summed E-state index contributed by atoms with van der Waals surface area (Å²) in [6.45, 7) is 1.69. The monoisotopic (exact) mass is 236 g/mol. The zero-order valence-electron chi connectivity index (χ0n) is 8.72. The lowest BCUT2D eigenvalue weighted by atomic mass is 10.00. The molecule has 5 heteroatoms. The second-order valence-electron chi connectivity index (χ2n) is 3.77. The van der Waals surface area contributed by atoms with Crippen LogP contribution in [0.5, 0.6) is 0 Å². The third-order valence-electron chi connectivity index (χ3n) is 2.64. The van der Waals surface area contributed by atoms with Crippen molar-refractivity contribution in [3.8, 4) is 12.3 Å². The number of carboxylic acids is 1. The van der Waals surface area contributed by atoms with Gasteiger partial charge in [-0.15, -0.1) is 23.7 Å². The van der Waals surface area contributed by atoms with E-state index in [0.29, 0.717) is 0 Å². The predicted octanol–water partition coefficient (Wildman–Crippen LogP) is 1.69. The minimum atomic E-state index is -0.979. The van der Waals surface area contributed by atoms with Gasteiger partial charge in [-0.05, 0) is 12.8 Å². The lowest BCUT2D eigenvalue weighted by Gasteiger charge is -2.29. The van der Waals surface area contributed by atoms with Gasteiger partial charge in [0.15, 0.2) is 10.8 Å². The Morgan fingerprint density at radius 3 is 3.19 bits per heavy atom. The Morgan fingerprint density at radius 2 is 2.56 bits per heavy atom. The average molecular weight is 236 g/mol. The van der Waals surface area contributed by atoms with E-state index in [2.05, 4.69) is 15.8 Å². The van der Waals surface area contributed by atoms with E-state index in [-0.39, 0.29) is 11.6 Å². The maximum absolute atomic E-state index is 10.7. The number of thiazole rings is 1. The number of piperidine rings is 1. The van der Waals surface area contributed by atoms with Crippen LogP contribution in [0.3, 0.4) is 0 Å². The van der Waals surface area contributed by atoms with Gasteiger partial charge in [0.05, 0.1) is 0 Å². The van der Waals surface area contributed by atoms with Crippen LogP contribution in [0.4, 0.5) is 5.13 Å². The first-order chi connectivity index (χ1) is 7.70. The highest BCUT2D eigenvalue weighted by molar-refractivity contribution is 7.13. The van der Waals surface area contributed by atoms with E-state index in [0.717, 1.165) is 31.1 Å². The van der Waals surface area contributed by atoms with Gasteiger partial charge < -0.3 is 10.0 Å². The van der Waals surface area contributed by atoms with Gasteiger partial charge in [-0.1, -0.05) is 0 Å². The van der Waals surface area contributed by atoms with Crippen molar-refractivity contribution in [3.63, 3.8) is 0 Å². The van der Waals surface area contributed by atoms with Crippen LogP contribution in [-0.2, 0) is 0 Å². The highest BCUT2D eigenvalue weighted by Crippen LogP contribution is 2.25. The van der Waals surface area contributed by atoms with Gasteiger partial charge >= 0.3 is 5.97 Å². The van der Waals surface area contributed by atoms with Gasteiger partial charge in [-0.25, -0.2) is 9.78 Å². The maximum Gasteiger partial charge on any atom is 0.355 e. The minimum Gasteiger partial charge on any atom is -0.476 e. The molecule has 84 valence electrons. The number of aromatic carboxylic acids is 1. The Balaban J connectivity index is 2.11. The molecule has 1 aromatic heterocycles. The number of terminal acetylenes is 1. The lowest BCUT2D eigenvalue weighted by Crippen LogP contribution is -2.34. The van der Waals surface area contributed by atoms with Crippen LogP contribution in [0.2, 0.25) is 0 Å². The van der Waals surface area contributed by atoms with E-state index >= 15 is 0 Å². The quantitative estimate of drug-likeness (QED) is 0.794. The van der Waals surface area contributed by atoms with Crippen molar-refractivity contribution in [2.24, 2.45) is 5.92 Å². The molecule has 0 bridgehead atoms. The van der Waals surface area contributed by atoms with Gasteiger partial charge in [-0.3, -0.25) is 0 Å². The van der Waals surface area contributed by atoms with Crippen molar-refractivity contribution in [3.05, 3.63) is 11.1 Å². The fourth-order valence-electron chi connectivity index (χ4n) is 1.79. The fraction of sp³-hybridized carbons (Fsp3) is 0.455. The molecule has 1 aromatic rings. The molecule has 1 unspecified atom stereocenters. The standard InChI is InChI=1S/C11H12N2O2S/c1-2-8-4-3-5-13(6-8)11-12-9(7-16-11)10(14)15/h1,7-8H,3-6H2,(H,14,15). The summed E-state index contributed by atoms with van der Waals surface area (Å²) in [5, 5.41) is 11.1. The van der Waals surface area contributed by atoms with E-state index in [1.807, 2.05) is 0 Å². The molecule has 0 aromatic carbocycles. The molecule has 0 aliphatic carbocycles. The van der Waals surface area contributed by atoms with Gasteiger partial charge in [0, 0.05) is 24.4 Å². The van der Waals surface area contributed by atoms with Crippen LogP contribution in [-0.4, -0.2) is 29.1 Å². The van der Waals surface area contributed by atoms with Crippen LogP contribution in [0.15, 0.2) is 5.38 Å². The molecule has 1 aliphatic heterocycles. The van der Waals surface area contributed by atoms with Crippen molar-refractivity contribution < 1.29 is 9.90 Å². The van der Waals surface area contributed by atoms with Crippen LogP contribution >= 0.6 is 11.3 Å². The molecule has 2 rings (SSSR count). The van der Waals surface area contributed by atoms with Crippen LogP contribution in [0, 0.1) is 18.3 Å². The Kier molecular flexibility index (Phi) is 3.11. The number of aromatic nitrogens is 1. The van der Waals surface area contributed by atoms with Crippen molar-refractivity contribution in [1.29, 1.82) is 0 Å². The van der Waals surface area contributed by atoms with Crippen molar-refractivity contribution in [2.45, 2.75) is 12.8 Å². The molecule has 4 nitrogen and oxygen atoms in total. The Hall–Kier alpha value is -1.54. The largest absolute Gasteiger partial charge is 0.476 e. The summed E-state index contributed by atoms with van der Waals surface area (Å²) in [4.78, 5) is 16.9. The minimum absolute atomic E-state index is 0.114. The molecule has 0 spiro atoms. The highest BCUT2D eigenvalue weighted by Gasteiger charge is 2.21. The number of nitrogens with zero attached hydrogens (tertiary/aromatic N) is 2. The molecule has 1 N–H and O–H groups in total. The van der Waals surface area contributed by atoms with Crippen LogP contribution < -0.4 is 4.90 Å². The van der Waals surface area contributed by atoms with Gasteiger partial charge in [0.25, 0.3) is 0 Å². The van der Waals surface area contributed by atoms with Gasteiger partial charge in [0.1, 0.15) is 0 Å². The van der Waals surface area contributed by atoms with Crippen LogP contribution in [0.1, 0.15) is 23.3 Å². The Labute approximate surface area is 97.9 Å². The summed E-state index contributed by atoms with van der Waals surface area (Å²) in [6, 6.07) is 0. The topological polar surface area (TPSA) is 53.4 Å². The van der Waals surface area contributed by atoms with E-state index in [4.69, 9.17) is 11.5 Å². The highest BCUT2D eigenvalue weighted by atomic mass is 32.1. The number of anilines is 1. The Bertz CT molecular complexity index is 435.